The third-order valence-corrected chi connectivity index (χ3v) is 4.09. The van der Waals surface area contributed by atoms with Crippen LogP contribution in [-0.2, 0) is 19.9 Å². The van der Waals surface area contributed by atoms with Gasteiger partial charge in [0, 0.05) is 17.0 Å². The van der Waals surface area contributed by atoms with Crippen LogP contribution in [0.1, 0.15) is 24.0 Å². The number of esters is 1. The Hall–Kier alpha value is -2.62. The number of cyclic esters (lactones) is 1. The number of carboxylic acids is 1. The van der Waals surface area contributed by atoms with Crippen LogP contribution in [0.4, 0.5) is 0 Å². The highest BCUT2D eigenvalue weighted by Gasteiger charge is 2.52. The molecule has 4 nitrogen and oxygen atoms in total. The summed E-state index contributed by atoms with van der Waals surface area (Å²) in [6.07, 6.45) is -0.00832. The van der Waals surface area contributed by atoms with Crippen LogP contribution in [0.5, 0.6) is 0 Å². The number of benzene rings is 2. The van der Waals surface area contributed by atoms with Crippen LogP contribution in [0.2, 0.25) is 0 Å². The summed E-state index contributed by atoms with van der Waals surface area (Å²) in [5, 5.41) is 9.22. The van der Waals surface area contributed by atoms with E-state index in [9.17, 15) is 14.7 Å². The molecule has 1 aliphatic heterocycles. The predicted molar refractivity (Wildman–Crippen MR) is 80.1 cm³/mol. The lowest BCUT2D eigenvalue weighted by molar-refractivity contribution is -0.148. The fraction of sp³-hybridized carbons (Fsp3) is 0.222. The van der Waals surface area contributed by atoms with Gasteiger partial charge in [0.25, 0.3) is 0 Å². The van der Waals surface area contributed by atoms with Gasteiger partial charge in [0.2, 0.25) is 0 Å². The van der Waals surface area contributed by atoms with Crippen LogP contribution >= 0.6 is 0 Å². The minimum absolute atomic E-state index is 0.107. The molecular weight excluding hydrogens is 280 g/mol. The number of carbonyl (C=O) groups is 2. The normalized spacial score (nSPS) is 19.6. The zero-order chi connectivity index (χ0) is 15.6. The summed E-state index contributed by atoms with van der Waals surface area (Å²) in [7, 11) is 0. The fourth-order valence-corrected chi connectivity index (χ4v) is 3.20. The van der Waals surface area contributed by atoms with E-state index in [4.69, 9.17) is 4.74 Å². The van der Waals surface area contributed by atoms with Crippen molar-refractivity contribution >= 4 is 11.9 Å². The number of aliphatic carboxylic acids is 1. The van der Waals surface area contributed by atoms with E-state index in [1.54, 1.807) is 0 Å². The number of ether oxygens (including phenoxy) is 1. The minimum Gasteiger partial charge on any atom is -0.481 e. The van der Waals surface area contributed by atoms with E-state index in [2.05, 4.69) is 0 Å². The Labute approximate surface area is 128 Å². The van der Waals surface area contributed by atoms with E-state index >= 15 is 0 Å². The Bertz CT molecular complexity index is 639. The first kappa shape index (κ1) is 14.3. The van der Waals surface area contributed by atoms with Crippen LogP contribution in [-0.4, -0.2) is 17.0 Å². The maximum atomic E-state index is 12.0. The molecule has 2 aromatic carbocycles. The molecular formula is C18H16O4. The standard InChI is InChI=1S/C18H16O4/c19-16(20)11-15-12-17(21)22-18(15,13-7-3-1-4-8-13)14-9-5-2-6-10-14/h1-10,15H,11-12H2,(H,19,20)/t15-/m1/s1. The van der Waals surface area contributed by atoms with E-state index in [1.165, 1.54) is 0 Å². The second kappa shape index (κ2) is 5.64. The van der Waals surface area contributed by atoms with E-state index < -0.39 is 17.5 Å². The third kappa shape index (κ3) is 2.37. The maximum Gasteiger partial charge on any atom is 0.307 e. The second-order valence-corrected chi connectivity index (χ2v) is 5.44. The van der Waals surface area contributed by atoms with Crippen molar-refractivity contribution in [2.24, 2.45) is 5.92 Å². The lowest BCUT2D eigenvalue weighted by Gasteiger charge is -2.34. The lowest BCUT2D eigenvalue weighted by atomic mass is 9.75. The third-order valence-electron chi connectivity index (χ3n) is 4.09. The molecule has 112 valence electrons. The lowest BCUT2D eigenvalue weighted by Crippen LogP contribution is -2.35. The van der Waals surface area contributed by atoms with Crippen molar-refractivity contribution in [2.45, 2.75) is 18.4 Å². The number of hydrogen-bond acceptors (Lipinski definition) is 3. The van der Waals surface area contributed by atoms with Crippen molar-refractivity contribution in [3.8, 4) is 0 Å². The van der Waals surface area contributed by atoms with Gasteiger partial charge in [-0.1, -0.05) is 60.7 Å². The molecule has 1 atom stereocenters. The number of carbonyl (C=O) groups excluding carboxylic acids is 1. The van der Waals surface area contributed by atoms with Gasteiger partial charge in [0.05, 0.1) is 12.8 Å². The van der Waals surface area contributed by atoms with Crippen molar-refractivity contribution in [1.29, 1.82) is 0 Å². The van der Waals surface area contributed by atoms with E-state index in [-0.39, 0.29) is 18.8 Å². The van der Waals surface area contributed by atoms with Gasteiger partial charge in [-0.05, 0) is 0 Å². The molecule has 0 spiro atoms. The van der Waals surface area contributed by atoms with Gasteiger partial charge in [0.1, 0.15) is 0 Å². The van der Waals surface area contributed by atoms with E-state index in [0.717, 1.165) is 11.1 Å². The molecule has 1 fully saturated rings. The second-order valence-electron chi connectivity index (χ2n) is 5.44. The summed E-state index contributed by atoms with van der Waals surface area (Å²) in [6, 6.07) is 18.7. The highest BCUT2D eigenvalue weighted by atomic mass is 16.6. The average molecular weight is 296 g/mol. The highest BCUT2D eigenvalue weighted by molar-refractivity contribution is 5.77. The molecule has 0 bridgehead atoms. The first-order valence-electron chi connectivity index (χ1n) is 7.17. The Morgan fingerprint density at radius 2 is 1.55 bits per heavy atom. The SMILES string of the molecule is O=C(O)C[C@@H]1CC(=O)OC1(c1ccccc1)c1ccccc1. The number of rotatable bonds is 4. The van der Waals surface area contributed by atoms with Crippen LogP contribution in [0.25, 0.3) is 0 Å². The smallest absolute Gasteiger partial charge is 0.307 e. The molecule has 3 rings (SSSR count). The summed E-state index contributed by atoms with van der Waals surface area (Å²) in [4.78, 5) is 23.2. The summed E-state index contributed by atoms with van der Waals surface area (Å²) in [5.41, 5.74) is 0.578. The molecule has 0 radical (unpaired) electrons. The summed E-state index contributed by atoms with van der Waals surface area (Å²) >= 11 is 0. The fourth-order valence-electron chi connectivity index (χ4n) is 3.20. The van der Waals surface area contributed by atoms with Crippen LogP contribution in [0.15, 0.2) is 60.7 Å². The Kier molecular flexibility index (Phi) is 3.67. The van der Waals surface area contributed by atoms with Crippen molar-refractivity contribution in [3.63, 3.8) is 0 Å². The molecule has 1 saturated heterocycles. The average Bonchev–Trinajstić information content (AvgIpc) is 2.85. The molecule has 0 aliphatic carbocycles. The summed E-state index contributed by atoms with van der Waals surface area (Å²) in [6.45, 7) is 0. The Morgan fingerprint density at radius 3 is 2.00 bits per heavy atom. The van der Waals surface area contributed by atoms with Crippen molar-refractivity contribution < 1.29 is 19.4 Å². The molecule has 1 N–H and O–H groups in total. The number of hydrogen-bond donors (Lipinski definition) is 1. The van der Waals surface area contributed by atoms with Gasteiger partial charge in [0.15, 0.2) is 5.60 Å². The van der Waals surface area contributed by atoms with Gasteiger partial charge in [-0.3, -0.25) is 9.59 Å². The van der Waals surface area contributed by atoms with E-state index in [1.807, 2.05) is 60.7 Å². The first-order valence-corrected chi connectivity index (χ1v) is 7.17. The maximum absolute atomic E-state index is 12.0. The van der Waals surface area contributed by atoms with Gasteiger partial charge < -0.3 is 9.84 Å². The van der Waals surface area contributed by atoms with Gasteiger partial charge >= 0.3 is 11.9 Å². The highest BCUT2D eigenvalue weighted by Crippen LogP contribution is 2.48. The zero-order valence-corrected chi connectivity index (χ0v) is 11.9. The molecule has 0 aromatic heterocycles. The topological polar surface area (TPSA) is 63.6 Å². The van der Waals surface area contributed by atoms with Crippen molar-refractivity contribution in [2.75, 3.05) is 0 Å². The quantitative estimate of drug-likeness (QED) is 0.881. The molecule has 2 aromatic rings. The largest absolute Gasteiger partial charge is 0.481 e. The van der Waals surface area contributed by atoms with Crippen molar-refractivity contribution in [1.82, 2.24) is 0 Å². The molecule has 4 heteroatoms. The first-order chi connectivity index (χ1) is 10.6. The molecule has 1 aliphatic rings. The molecule has 0 amide bonds. The zero-order valence-electron chi connectivity index (χ0n) is 11.9. The summed E-state index contributed by atoms with van der Waals surface area (Å²) < 4.78 is 5.73. The van der Waals surface area contributed by atoms with Crippen molar-refractivity contribution in [3.05, 3.63) is 71.8 Å². The van der Waals surface area contributed by atoms with Gasteiger partial charge in [-0.25, -0.2) is 0 Å². The molecule has 0 saturated carbocycles. The van der Waals surface area contributed by atoms with Crippen LogP contribution < -0.4 is 0 Å². The van der Waals surface area contributed by atoms with E-state index in [0.29, 0.717) is 0 Å². The monoisotopic (exact) mass is 296 g/mol. The van der Waals surface area contributed by atoms with Gasteiger partial charge in [-0.15, -0.1) is 0 Å². The Morgan fingerprint density at radius 1 is 1.05 bits per heavy atom. The molecule has 1 heterocycles. The van der Waals surface area contributed by atoms with Crippen LogP contribution in [0.3, 0.4) is 0 Å². The van der Waals surface area contributed by atoms with Gasteiger partial charge in [-0.2, -0.15) is 0 Å². The van der Waals surface area contributed by atoms with Crippen LogP contribution in [0, 0.1) is 5.92 Å². The minimum atomic E-state index is -1.03. The molecule has 0 unspecified atom stereocenters. The molecule has 22 heavy (non-hydrogen) atoms. The Balaban J connectivity index is 2.18. The summed E-state index contributed by atoms with van der Waals surface area (Å²) in [5.74, 6) is -1.72. The predicted octanol–water partition coefficient (Wildman–Crippen LogP) is 2.97. The number of carboxylic acid groups (broad SMARTS) is 1.